The normalized spacial score (nSPS) is 22.4. The van der Waals surface area contributed by atoms with Crippen molar-refractivity contribution in [2.75, 3.05) is 20.3 Å². The molecule has 2 unspecified atom stereocenters. The molecule has 16 heavy (non-hydrogen) atoms. The Labute approximate surface area is 94.9 Å². The van der Waals surface area contributed by atoms with Gasteiger partial charge in [-0.25, -0.2) is 0 Å². The van der Waals surface area contributed by atoms with Crippen molar-refractivity contribution in [1.82, 2.24) is 10.6 Å². The van der Waals surface area contributed by atoms with Gasteiger partial charge >= 0.3 is 0 Å². The van der Waals surface area contributed by atoms with E-state index in [-0.39, 0.29) is 11.8 Å². The molecule has 0 spiro atoms. The highest BCUT2D eigenvalue weighted by atomic mass is 16.5. The number of carbonyl (C=O) groups is 2. The van der Waals surface area contributed by atoms with E-state index in [9.17, 15) is 9.59 Å². The summed E-state index contributed by atoms with van der Waals surface area (Å²) in [5.74, 6) is -0.419. The van der Waals surface area contributed by atoms with Gasteiger partial charge in [0.15, 0.2) is 0 Å². The zero-order valence-electron chi connectivity index (χ0n) is 9.49. The zero-order valence-corrected chi connectivity index (χ0v) is 9.49. The van der Waals surface area contributed by atoms with Crippen LogP contribution in [0.4, 0.5) is 0 Å². The molecule has 1 aliphatic heterocycles. The van der Waals surface area contributed by atoms with Crippen LogP contribution >= 0.6 is 0 Å². The highest BCUT2D eigenvalue weighted by Crippen LogP contribution is 2.03. The predicted molar refractivity (Wildman–Crippen MR) is 58.6 cm³/mol. The minimum absolute atomic E-state index is 0.126. The maximum absolute atomic E-state index is 11.6. The number of methoxy groups -OCH3 is 1. The van der Waals surface area contributed by atoms with Crippen LogP contribution in [0.1, 0.15) is 19.3 Å². The van der Waals surface area contributed by atoms with E-state index in [0.717, 1.165) is 6.42 Å². The number of hydrogen-bond acceptors (Lipinski definition) is 4. The first-order valence-corrected chi connectivity index (χ1v) is 5.47. The molecule has 0 aromatic carbocycles. The van der Waals surface area contributed by atoms with E-state index in [0.29, 0.717) is 26.0 Å². The van der Waals surface area contributed by atoms with Gasteiger partial charge in [-0.2, -0.15) is 0 Å². The van der Waals surface area contributed by atoms with Crippen molar-refractivity contribution in [2.24, 2.45) is 5.73 Å². The number of nitrogens with one attached hydrogen (secondary N) is 2. The number of carbonyl (C=O) groups excluding carboxylic acids is 2. The molecule has 6 nitrogen and oxygen atoms in total. The third-order valence-electron chi connectivity index (χ3n) is 2.57. The Hall–Kier alpha value is -1.14. The smallest absolute Gasteiger partial charge is 0.242 e. The molecule has 0 aliphatic carbocycles. The highest BCUT2D eigenvalue weighted by Gasteiger charge is 2.25. The van der Waals surface area contributed by atoms with Crippen LogP contribution in [-0.2, 0) is 14.3 Å². The molecule has 4 N–H and O–H groups in total. The van der Waals surface area contributed by atoms with Crippen LogP contribution in [0.15, 0.2) is 0 Å². The van der Waals surface area contributed by atoms with E-state index in [2.05, 4.69) is 10.6 Å². The molecule has 2 amide bonds. The lowest BCUT2D eigenvalue weighted by Gasteiger charge is -2.24. The predicted octanol–water partition coefficient (Wildman–Crippen LogP) is -1.25. The van der Waals surface area contributed by atoms with Crippen molar-refractivity contribution in [3.63, 3.8) is 0 Å². The average molecular weight is 229 g/mol. The number of hydrogen-bond donors (Lipinski definition) is 3. The summed E-state index contributed by atoms with van der Waals surface area (Å²) in [7, 11) is 1.55. The van der Waals surface area contributed by atoms with Crippen LogP contribution in [0.3, 0.4) is 0 Å². The molecule has 0 saturated carbocycles. The molecule has 92 valence electrons. The van der Waals surface area contributed by atoms with Gasteiger partial charge in [0.2, 0.25) is 11.8 Å². The number of rotatable bonds is 5. The maximum Gasteiger partial charge on any atom is 0.242 e. The Kier molecular flexibility index (Phi) is 5.21. The molecule has 1 fully saturated rings. The van der Waals surface area contributed by atoms with Crippen molar-refractivity contribution in [1.29, 1.82) is 0 Å². The molecule has 1 rings (SSSR count). The molecule has 0 radical (unpaired) electrons. The second kappa shape index (κ2) is 6.44. The van der Waals surface area contributed by atoms with Crippen molar-refractivity contribution in [3.8, 4) is 0 Å². The van der Waals surface area contributed by atoms with Crippen molar-refractivity contribution in [2.45, 2.75) is 31.3 Å². The van der Waals surface area contributed by atoms with Gasteiger partial charge in [-0.05, 0) is 19.3 Å². The topological polar surface area (TPSA) is 93.4 Å². The van der Waals surface area contributed by atoms with Crippen molar-refractivity contribution >= 4 is 11.8 Å². The molecule has 0 aromatic heterocycles. The van der Waals surface area contributed by atoms with Gasteiger partial charge in [0.1, 0.15) is 6.04 Å². The zero-order chi connectivity index (χ0) is 12.0. The van der Waals surface area contributed by atoms with Crippen LogP contribution in [0.2, 0.25) is 0 Å². The van der Waals surface area contributed by atoms with E-state index in [1.54, 1.807) is 7.11 Å². The molecule has 1 saturated heterocycles. The second-order valence-electron chi connectivity index (χ2n) is 3.88. The van der Waals surface area contributed by atoms with E-state index >= 15 is 0 Å². The van der Waals surface area contributed by atoms with Crippen LogP contribution in [0.5, 0.6) is 0 Å². The summed E-state index contributed by atoms with van der Waals surface area (Å²) in [5.41, 5.74) is 5.64. The Bertz CT molecular complexity index is 258. The van der Waals surface area contributed by atoms with Crippen LogP contribution in [-0.4, -0.2) is 44.2 Å². The summed E-state index contributed by atoms with van der Waals surface area (Å²) < 4.78 is 4.83. The molecule has 0 bridgehead atoms. The van der Waals surface area contributed by atoms with E-state index < -0.39 is 12.1 Å². The van der Waals surface area contributed by atoms with Gasteiger partial charge in [-0.1, -0.05) is 0 Å². The maximum atomic E-state index is 11.6. The summed E-state index contributed by atoms with van der Waals surface area (Å²) in [5, 5.41) is 5.35. The second-order valence-corrected chi connectivity index (χ2v) is 3.88. The Morgan fingerprint density at radius 3 is 3.12 bits per heavy atom. The monoisotopic (exact) mass is 229 g/mol. The average Bonchev–Trinajstić information content (AvgIpc) is 2.28. The quantitative estimate of drug-likeness (QED) is 0.549. The SMILES string of the molecule is COCCC(N)C(=O)NC1CCCNC1=O. The third-order valence-corrected chi connectivity index (χ3v) is 2.57. The first-order valence-electron chi connectivity index (χ1n) is 5.47. The summed E-state index contributed by atoms with van der Waals surface area (Å²) in [6.45, 7) is 1.12. The third kappa shape index (κ3) is 3.79. The lowest BCUT2D eigenvalue weighted by molar-refractivity contribution is -0.130. The van der Waals surface area contributed by atoms with Gasteiger partial charge < -0.3 is 21.1 Å². The minimum atomic E-state index is -0.616. The van der Waals surface area contributed by atoms with Crippen LogP contribution in [0.25, 0.3) is 0 Å². The van der Waals surface area contributed by atoms with Crippen molar-refractivity contribution < 1.29 is 14.3 Å². The number of piperidine rings is 1. The van der Waals surface area contributed by atoms with Crippen molar-refractivity contribution in [3.05, 3.63) is 0 Å². The molecule has 2 atom stereocenters. The standard InChI is InChI=1S/C10H19N3O3/c1-16-6-4-7(11)9(14)13-8-3-2-5-12-10(8)15/h7-8H,2-6,11H2,1H3,(H,12,15)(H,13,14). The number of amides is 2. The van der Waals surface area contributed by atoms with Gasteiger partial charge in [-0.3, -0.25) is 9.59 Å². The fourth-order valence-electron chi connectivity index (χ4n) is 1.56. The Balaban J connectivity index is 2.34. The Morgan fingerprint density at radius 1 is 1.75 bits per heavy atom. The molecular weight excluding hydrogens is 210 g/mol. The Morgan fingerprint density at radius 2 is 2.50 bits per heavy atom. The van der Waals surface area contributed by atoms with Gasteiger partial charge in [0.25, 0.3) is 0 Å². The largest absolute Gasteiger partial charge is 0.385 e. The van der Waals surface area contributed by atoms with Crippen LogP contribution in [0, 0.1) is 0 Å². The first-order chi connectivity index (χ1) is 7.65. The molecule has 1 aliphatic rings. The lowest BCUT2D eigenvalue weighted by atomic mass is 10.1. The molecular formula is C10H19N3O3. The summed E-state index contributed by atoms with van der Waals surface area (Å²) in [6, 6.07) is -1.05. The van der Waals surface area contributed by atoms with E-state index in [1.807, 2.05) is 0 Å². The minimum Gasteiger partial charge on any atom is -0.385 e. The van der Waals surface area contributed by atoms with E-state index in [4.69, 9.17) is 10.5 Å². The molecule has 1 heterocycles. The van der Waals surface area contributed by atoms with Crippen LogP contribution < -0.4 is 16.4 Å². The number of nitrogens with two attached hydrogens (primary N) is 1. The van der Waals surface area contributed by atoms with Gasteiger partial charge in [-0.15, -0.1) is 0 Å². The molecule has 6 heteroatoms. The summed E-state index contributed by atoms with van der Waals surface area (Å²) >= 11 is 0. The van der Waals surface area contributed by atoms with Gasteiger partial charge in [0.05, 0.1) is 6.04 Å². The number of ether oxygens (including phenoxy) is 1. The first kappa shape index (κ1) is 12.9. The molecule has 0 aromatic rings. The fourth-order valence-corrected chi connectivity index (χ4v) is 1.56. The van der Waals surface area contributed by atoms with Gasteiger partial charge in [0, 0.05) is 20.3 Å². The van der Waals surface area contributed by atoms with E-state index in [1.165, 1.54) is 0 Å². The summed E-state index contributed by atoms with van der Waals surface area (Å²) in [4.78, 5) is 23.0. The highest BCUT2D eigenvalue weighted by molar-refractivity contribution is 5.89. The summed E-state index contributed by atoms with van der Waals surface area (Å²) in [6.07, 6.45) is 2.01. The fraction of sp³-hybridized carbons (Fsp3) is 0.800. The lowest BCUT2D eigenvalue weighted by Crippen LogP contribution is -2.54.